The monoisotopic (exact) mass is 482 g/mol. The van der Waals surface area contributed by atoms with Gasteiger partial charge >= 0.3 is 194 Å². The van der Waals surface area contributed by atoms with E-state index in [9.17, 15) is 18.4 Å². The van der Waals surface area contributed by atoms with Crippen molar-refractivity contribution in [3.8, 4) is 0 Å². The second-order valence-corrected chi connectivity index (χ2v) is 12.6. The zero-order chi connectivity index (χ0) is 23.0. The number of carbonyl (C=O) groups is 2. The molecule has 0 amide bonds. The van der Waals surface area contributed by atoms with Gasteiger partial charge in [0, 0.05) is 0 Å². The number of hydrogen-bond acceptors (Lipinski definition) is 4. The molecule has 0 fully saturated rings. The Morgan fingerprint density at radius 1 is 0.667 bits per heavy atom. The number of benzene rings is 2. The zero-order valence-electron chi connectivity index (χ0n) is 17.6. The Kier molecular flexibility index (Phi) is 5.73. The summed E-state index contributed by atoms with van der Waals surface area (Å²) in [6.45, 7) is 0. The van der Waals surface area contributed by atoms with Gasteiger partial charge in [0.15, 0.2) is 0 Å². The fourth-order valence-corrected chi connectivity index (χ4v) is 10.3. The predicted molar refractivity (Wildman–Crippen MR) is 114 cm³/mol. The van der Waals surface area contributed by atoms with Crippen molar-refractivity contribution in [2.45, 2.75) is 25.7 Å². The Morgan fingerprint density at radius 3 is 1.45 bits per heavy atom. The van der Waals surface area contributed by atoms with Crippen molar-refractivity contribution in [2.75, 3.05) is 0 Å². The van der Waals surface area contributed by atoms with E-state index in [-0.39, 0.29) is 11.1 Å². The molecule has 0 atom stereocenters. The second-order valence-electron chi connectivity index (χ2n) is 8.13. The molecular formula is C26H20F2O4Ti. The van der Waals surface area contributed by atoms with E-state index in [1.54, 1.807) is 0 Å². The fourth-order valence-electron chi connectivity index (χ4n) is 4.53. The molecule has 2 aromatic carbocycles. The van der Waals surface area contributed by atoms with Crippen LogP contribution in [0.15, 0.2) is 91.7 Å². The van der Waals surface area contributed by atoms with Crippen molar-refractivity contribution >= 4 is 11.9 Å². The van der Waals surface area contributed by atoms with E-state index >= 15 is 0 Å². The molecule has 1 aliphatic heterocycles. The van der Waals surface area contributed by atoms with Crippen LogP contribution in [0.1, 0.15) is 46.4 Å². The normalized spacial score (nSPS) is 18.1. The number of hydrogen-bond donors (Lipinski definition) is 0. The summed E-state index contributed by atoms with van der Waals surface area (Å²) in [6.07, 6.45) is 10.6. The molecule has 4 nitrogen and oxygen atoms in total. The summed E-state index contributed by atoms with van der Waals surface area (Å²) < 4.78 is 41.1. The summed E-state index contributed by atoms with van der Waals surface area (Å²) in [6, 6.07) is 10.2. The van der Waals surface area contributed by atoms with Crippen molar-refractivity contribution in [3.63, 3.8) is 0 Å². The first kappa shape index (κ1) is 21.7. The number of halogens is 2. The molecule has 7 heteroatoms. The Bertz CT molecular complexity index is 1150. The second kappa shape index (κ2) is 8.69. The summed E-state index contributed by atoms with van der Waals surface area (Å²) in [5, 5.41) is 0. The van der Waals surface area contributed by atoms with Gasteiger partial charge in [-0.2, -0.15) is 0 Å². The molecule has 2 aromatic rings. The fraction of sp³-hybridized carbons (Fsp3) is 0.154. The minimum atomic E-state index is -4.47. The third-order valence-electron chi connectivity index (χ3n) is 6.15. The molecule has 0 bridgehead atoms. The number of allylic oxidation sites excluding steroid dienone is 8. The number of carbonyl (C=O) groups excluding carboxylic acids is 2. The molecule has 3 aliphatic rings. The summed E-state index contributed by atoms with van der Waals surface area (Å²) in [4.78, 5) is 26.5. The minimum absolute atomic E-state index is 0.185. The van der Waals surface area contributed by atoms with Crippen molar-refractivity contribution in [2.24, 2.45) is 0 Å². The van der Waals surface area contributed by atoms with Gasteiger partial charge in [0.05, 0.1) is 0 Å². The molecule has 5 rings (SSSR count). The first-order valence-electron chi connectivity index (χ1n) is 10.7. The molecule has 33 heavy (non-hydrogen) atoms. The maximum absolute atomic E-state index is 13.4. The van der Waals surface area contributed by atoms with Crippen molar-refractivity contribution < 1.29 is 42.4 Å². The standard InChI is InChI=1S/C12H12.2C7H5FO2.Ti/c1-2-6-11(5-1)9-10-12-7-3-4-8-12;2*8-6-3-1-5(2-4-6)7(9)10;/h1,3,5,7H,2,4,9-10H2;2*1-4H,(H,9,10);/q;;;+2/p-2. The van der Waals surface area contributed by atoms with Gasteiger partial charge in [0.1, 0.15) is 0 Å². The van der Waals surface area contributed by atoms with Crippen LogP contribution in [0, 0.1) is 11.6 Å². The van der Waals surface area contributed by atoms with Gasteiger partial charge in [0.2, 0.25) is 0 Å². The first-order chi connectivity index (χ1) is 16.0. The van der Waals surface area contributed by atoms with Crippen LogP contribution in [0.4, 0.5) is 8.78 Å². The molecule has 0 radical (unpaired) electrons. The Hall–Kier alpha value is -3.09. The van der Waals surface area contributed by atoms with Crippen LogP contribution in [-0.4, -0.2) is 11.9 Å². The third kappa shape index (κ3) is 4.05. The number of rotatable bonds is 4. The molecule has 166 valence electrons. The van der Waals surface area contributed by atoms with Crippen molar-refractivity contribution in [1.29, 1.82) is 0 Å². The van der Waals surface area contributed by atoms with E-state index in [2.05, 4.69) is 0 Å². The van der Waals surface area contributed by atoms with E-state index in [0.717, 1.165) is 31.7 Å². The molecular weight excluding hydrogens is 462 g/mol. The summed E-state index contributed by atoms with van der Waals surface area (Å²) in [5.41, 5.74) is 2.45. The Labute approximate surface area is 194 Å². The van der Waals surface area contributed by atoms with Crippen molar-refractivity contribution in [3.05, 3.63) is 114 Å². The van der Waals surface area contributed by atoms with Crippen LogP contribution >= 0.6 is 0 Å². The maximum atomic E-state index is 13.4. The molecule has 0 aromatic heterocycles. The Morgan fingerprint density at radius 2 is 1.06 bits per heavy atom. The molecule has 0 saturated carbocycles. The summed E-state index contributed by atoms with van der Waals surface area (Å²) in [5.74, 6) is -2.23. The Balaban J connectivity index is 1.60. The molecule has 1 heterocycles. The van der Waals surface area contributed by atoms with Crippen LogP contribution in [0.25, 0.3) is 0 Å². The van der Waals surface area contributed by atoms with Crippen LogP contribution in [-0.2, 0) is 24.0 Å². The molecule has 0 N–H and O–H groups in total. The summed E-state index contributed by atoms with van der Waals surface area (Å²) in [7, 11) is 0. The van der Waals surface area contributed by atoms with Gasteiger partial charge in [-0.15, -0.1) is 0 Å². The van der Waals surface area contributed by atoms with Gasteiger partial charge in [-0.25, -0.2) is 0 Å². The van der Waals surface area contributed by atoms with Gasteiger partial charge < -0.3 is 0 Å². The van der Waals surface area contributed by atoms with Crippen molar-refractivity contribution in [1.82, 2.24) is 0 Å². The van der Waals surface area contributed by atoms with E-state index in [1.165, 1.54) is 48.5 Å². The van der Waals surface area contributed by atoms with E-state index in [0.29, 0.717) is 12.8 Å². The quantitative estimate of drug-likeness (QED) is 0.489. The van der Waals surface area contributed by atoms with Crippen LogP contribution < -0.4 is 0 Å². The average Bonchev–Trinajstić information content (AvgIpc) is 3.46. The molecule has 0 unspecified atom stereocenters. The SMILES string of the molecule is O=C([O][Ti]1([O]C(=O)c2ccc(F)cc2)[C]2=C(C=CC2)CCC2=[C]1CC=C2)c1ccc(F)cc1. The topological polar surface area (TPSA) is 52.6 Å². The van der Waals surface area contributed by atoms with E-state index in [1.807, 2.05) is 24.3 Å². The van der Waals surface area contributed by atoms with Gasteiger partial charge in [-0.1, -0.05) is 0 Å². The summed E-state index contributed by atoms with van der Waals surface area (Å²) >= 11 is -4.47. The van der Waals surface area contributed by atoms with Gasteiger partial charge in [-0.05, 0) is 0 Å². The van der Waals surface area contributed by atoms with Gasteiger partial charge in [0.25, 0.3) is 0 Å². The first-order valence-corrected chi connectivity index (χ1v) is 13.6. The third-order valence-corrected chi connectivity index (χ3v) is 11.7. The van der Waals surface area contributed by atoms with E-state index < -0.39 is 40.9 Å². The van der Waals surface area contributed by atoms with Crippen LogP contribution in [0.2, 0.25) is 0 Å². The van der Waals surface area contributed by atoms with E-state index in [4.69, 9.17) is 6.64 Å². The molecule has 2 aliphatic carbocycles. The van der Waals surface area contributed by atoms with Gasteiger partial charge in [-0.3, -0.25) is 0 Å². The zero-order valence-corrected chi connectivity index (χ0v) is 19.2. The van der Waals surface area contributed by atoms with Crippen LogP contribution in [0.3, 0.4) is 0 Å². The molecule has 0 spiro atoms. The molecule has 0 saturated heterocycles. The average molecular weight is 482 g/mol. The predicted octanol–water partition coefficient (Wildman–Crippen LogP) is 6.18. The van der Waals surface area contributed by atoms with Crippen LogP contribution in [0.5, 0.6) is 0 Å².